The molecule has 0 radical (unpaired) electrons. The van der Waals surface area contributed by atoms with Crippen LogP contribution in [0.2, 0.25) is 0 Å². The van der Waals surface area contributed by atoms with Gasteiger partial charge in [0.1, 0.15) is 0 Å². The van der Waals surface area contributed by atoms with Gasteiger partial charge in [0.05, 0.1) is 41.3 Å². The number of quaternary nitrogens is 1. The van der Waals surface area contributed by atoms with Gasteiger partial charge in [0.15, 0.2) is 17.3 Å². The van der Waals surface area contributed by atoms with Crippen LogP contribution >= 0.6 is 15.9 Å². The summed E-state index contributed by atoms with van der Waals surface area (Å²) in [4.78, 5) is 13.3. The first kappa shape index (κ1) is 15.0. The normalized spacial score (nSPS) is 10.6. The molecule has 1 rings (SSSR count). The fourth-order valence-corrected chi connectivity index (χ4v) is 2.11. The van der Waals surface area contributed by atoms with Crippen molar-refractivity contribution >= 4 is 21.7 Å². The van der Waals surface area contributed by atoms with Crippen LogP contribution in [0.3, 0.4) is 0 Å². The maximum absolute atomic E-state index is 12.1. The molecule has 0 aliphatic carbocycles. The molecule has 0 amide bonds. The van der Waals surface area contributed by atoms with Gasteiger partial charge in [-0.15, -0.1) is 0 Å². The fraction of sp³-hybridized carbons (Fsp3) is 0.462. The molecule has 4 nitrogen and oxygen atoms in total. The number of Topliss-reactive ketones (excluding diaryl/α,β-unsaturated/α-hetero) is 1. The highest BCUT2D eigenvalue weighted by atomic mass is 79.9. The standard InChI is InChI=1S/C13H18BrNO3/c1-15(2)6-5-11(16)9-7-12(17-3)13(18-4)8-10(9)14/h7-8H,5-6H2,1-4H3/p+1. The van der Waals surface area contributed by atoms with Crippen molar-refractivity contribution in [3.05, 3.63) is 22.2 Å². The highest BCUT2D eigenvalue weighted by molar-refractivity contribution is 9.10. The lowest BCUT2D eigenvalue weighted by Gasteiger charge is -2.12. The third-order valence-corrected chi connectivity index (χ3v) is 3.28. The van der Waals surface area contributed by atoms with Crippen LogP contribution in [-0.2, 0) is 0 Å². The van der Waals surface area contributed by atoms with E-state index >= 15 is 0 Å². The summed E-state index contributed by atoms with van der Waals surface area (Å²) < 4.78 is 11.1. The Morgan fingerprint density at radius 1 is 1.22 bits per heavy atom. The molecule has 0 fully saturated rings. The van der Waals surface area contributed by atoms with E-state index in [0.717, 1.165) is 11.0 Å². The Labute approximate surface area is 116 Å². The van der Waals surface area contributed by atoms with Crippen molar-refractivity contribution < 1.29 is 19.2 Å². The van der Waals surface area contributed by atoms with E-state index in [1.807, 2.05) is 14.1 Å². The predicted molar refractivity (Wildman–Crippen MR) is 73.9 cm³/mol. The SMILES string of the molecule is COc1cc(Br)c(C(=O)CC[NH+](C)C)cc1OC. The number of methoxy groups -OCH3 is 2. The maximum atomic E-state index is 12.1. The molecule has 0 aromatic heterocycles. The highest BCUT2D eigenvalue weighted by Crippen LogP contribution is 2.33. The molecule has 0 heterocycles. The van der Waals surface area contributed by atoms with Crippen LogP contribution in [0.15, 0.2) is 16.6 Å². The monoisotopic (exact) mass is 316 g/mol. The number of halogens is 1. The summed E-state index contributed by atoms with van der Waals surface area (Å²) >= 11 is 3.40. The Bertz CT molecular complexity index is 432. The Morgan fingerprint density at radius 3 is 2.28 bits per heavy atom. The van der Waals surface area contributed by atoms with Crippen molar-refractivity contribution in [3.63, 3.8) is 0 Å². The Hall–Kier alpha value is -1.07. The largest absolute Gasteiger partial charge is 0.493 e. The second kappa shape index (κ2) is 6.75. The predicted octanol–water partition coefficient (Wildman–Crippen LogP) is 1.18. The van der Waals surface area contributed by atoms with E-state index in [0.29, 0.717) is 23.5 Å². The first-order chi connectivity index (χ1) is 8.49. The molecule has 0 atom stereocenters. The topological polar surface area (TPSA) is 40.0 Å². The van der Waals surface area contributed by atoms with Crippen molar-refractivity contribution in [2.45, 2.75) is 6.42 Å². The summed E-state index contributed by atoms with van der Waals surface area (Å²) in [5.74, 6) is 1.28. The summed E-state index contributed by atoms with van der Waals surface area (Å²) in [7, 11) is 7.18. The van der Waals surface area contributed by atoms with Crippen molar-refractivity contribution in [1.82, 2.24) is 0 Å². The van der Waals surface area contributed by atoms with Crippen LogP contribution in [0.5, 0.6) is 11.5 Å². The van der Waals surface area contributed by atoms with Crippen molar-refractivity contribution in [3.8, 4) is 11.5 Å². The second-order valence-corrected chi connectivity index (χ2v) is 5.17. The summed E-state index contributed by atoms with van der Waals surface area (Å²) in [6.07, 6.45) is 0.510. The van der Waals surface area contributed by atoms with Gasteiger partial charge in [-0.05, 0) is 28.1 Å². The quantitative estimate of drug-likeness (QED) is 0.801. The van der Waals surface area contributed by atoms with Crippen LogP contribution in [-0.4, -0.2) is 40.6 Å². The molecule has 1 aromatic carbocycles. The van der Waals surface area contributed by atoms with Gasteiger partial charge in [-0.2, -0.15) is 0 Å². The van der Waals surface area contributed by atoms with Gasteiger partial charge in [0.25, 0.3) is 0 Å². The number of carbonyl (C=O) groups excluding carboxylic acids is 1. The molecule has 18 heavy (non-hydrogen) atoms. The lowest BCUT2D eigenvalue weighted by atomic mass is 10.1. The van der Waals surface area contributed by atoms with E-state index in [1.165, 1.54) is 4.90 Å². The number of carbonyl (C=O) groups is 1. The minimum atomic E-state index is 0.101. The smallest absolute Gasteiger partial charge is 0.169 e. The molecule has 0 bridgehead atoms. The lowest BCUT2D eigenvalue weighted by Crippen LogP contribution is -3.05. The van der Waals surface area contributed by atoms with Crippen molar-refractivity contribution in [2.75, 3.05) is 34.9 Å². The Morgan fingerprint density at radius 2 is 1.78 bits per heavy atom. The van der Waals surface area contributed by atoms with E-state index in [2.05, 4.69) is 15.9 Å². The first-order valence-electron chi connectivity index (χ1n) is 5.73. The average molecular weight is 317 g/mol. The summed E-state index contributed by atoms with van der Waals surface area (Å²) in [6.45, 7) is 0.805. The van der Waals surface area contributed by atoms with E-state index in [9.17, 15) is 4.79 Å². The Balaban J connectivity index is 2.98. The zero-order valence-corrected chi connectivity index (χ0v) is 12.8. The molecular formula is C13H19BrNO3+. The molecule has 5 heteroatoms. The summed E-state index contributed by atoms with van der Waals surface area (Å²) in [6, 6.07) is 3.48. The van der Waals surface area contributed by atoms with Gasteiger partial charge in [-0.1, -0.05) is 0 Å². The van der Waals surface area contributed by atoms with Gasteiger partial charge >= 0.3 is 0 Å². The van der Waals surface area contributed by atoms with E-state index in [1.54, 1.807) is 26.4 Å². The zero-order valence-electron chi connectivity index (χ0n) is 11.2. The van der Waals surface area contributed by atoms with Crippen LogP contribution in [0.1, 0.15) is 16.8 Å². The molecular weight excluding hydrogens is 298 g/mol. The van der Waals surface area contributed by atoms with Crippen LogP contribution in [0.4, 0.5) is 0 Å². The van der Waals surface area contributed by atoms with Gasteiger partial charge in [-0.3, -0.25) is 4.79 Å². The number of benzene rings is 1. The summed E-state index contributed by atoms with van der Waals surface area (Å²) in [5, 5.41) is 0. The molecule has 100 valence electrons. The number of hydrogen-bond donors (Lipinski definition) is 1. The lowest BCUT2D eigenvalue weighted by molar-refractivity contribution is -0.857. The molecule has 1 aromatic rings. The molecule has 0 spiro atoms. The molecule has 0 aliphatic rings. The van der Waals surface area contributed by atoms with Crippen molar-refractivity contribution in [2.24, 2.45) is 0 Å². The third kappa shape index (κ3) is 3.71. The minimum absolute atomic E-state index is 0.101. The highest BCUT2D eigenvalue weighted by Gasteiger charge is 2.16. The zero-order chi connectivity index (χ0) is 13.7. The van der Waals surface area contributed by atoms with Gasteiger partial charge in [0.2, 0.25) is 0 Å². The fourth-order valence-electron chi connectivity index (χ4n) is 1.57. The first-order valence-corrected chi connectivity index (χ1v) is 6.52. The van der Waals surface area contributed by atoms with E-state index < -0.39 is 0 Å². The molecule has 0 saturated heterocycles. The number of ether oxygens (including phenoxy) is 2. The molecule has 0 aliphatic heterocycles. The maximum Gasteiger partial charge on any atom is 0.169 e. The van der Waals surface area contributed by atoms with Crippen LogP contribution in [0, 0.1) is 0 Å². The Kier molecular flexibility index (Phi) is 5.62. The molecule has 0 saturated carbocycles. The van der Waals surface area contributed by atoms with Crippen molar-refractivity contribution in [1.29, 1.82) is 0 Å². The van der Waals surface area contributed by atoms with Gasteiger partial charge in [-0.25, -0.2) is 0 Å². The van der Waals surface area contributed by atoms with Crippen LogP contribution in [0.25, 0.3) is 0 Å². The van der Waals surface area contributed by atoms with Gasteiger partial charge in [0, 0.05) is 10.0 Å². The average Bonchev–Trinajstić information content (AvgIpc) is 2.35. The number of hydrogen-bond acceptors (Lipinski definition) is 3. The number of ketones is 1. The number of nitrogens with one attached hydrogen (secondary N) is 1. The summed E-state index contributed by atoms with van der Waals surface area (Å²) in [5.41, 5.74) is 0.633. The number of rotatable bonds is 6. The van der Waals surface area contributed by atoms with E-state index in [4.69, 9.17) is 9.47 Å². The third-order valence-electron chi connectivity index (χ3n) is 2.63. The van der Waals surface area contributed by atoms with Crippen LogP contribution < -0.4 is 14.4 Å². The molecule has 0 unspecified atom stereocenters. The second-order valence-electron chi connectivity index (χ2n) is 4.32. The van der Waals surface area contributed by atoms with Gasteiger partial charge < -0.3 is 14.4 Å². The molecule has 1 N–H and O–H groups in total. The minimum Gasteiger partial charge on any atom is -0.493 e. The van der Waals surface area contributed by atoms with E-state index in [-0.39, 0.29) is 5.78 Å².